The molecule has 0 aliphatic carbocycles. The first-order valence-electron chi connectivity index (χ1n) is 5.12. The number of aliphatic imine (C=N–C) groups is 1. The maximum Gasteiger partial charge on any atom is 0.416 e. The summed E-state index contributed by atoms with van der Waals surface area (Å²) in [5.74, 6) is 0. The summed E-state index contributed by atoms with van der Waals surface area (Å²) in [6, 6.07) is 4.88. The number of nitrogens with zero attached hydrogens (tertiary/aromatic N) is 2. The lowest BCUT2D eigenvalue weighted by Gasteiger charge is -2.10. The van der Waals surface area contributed by atoms with Gasteiger partial charge < -0.3 is 4.84 Å². The largest absolute Gasteiger partial charge is 0.416 e. The third-order valence-electron chi connectivity index (χ3n) is 2.32. The SMILES string of the molecule is CN=C(C)/C(=N\OC)c1cccc(C(F)(F)F)c1. The molecular weight excluding hydrogens is 245 g/mol. The third kappa shape index (κ3) is 3.32. The van der Waals surface area contributed by atoms with Gasteiger partial charge in [-0.25, -0.2) is 0 Å². The third-order valence-corrected chi connectivity index (χ3v) is 2.32. The average Bonchev–Trinajstić information content (AvgIpc) is 2.34. The van der Waals surface area contributed by atoms with Gasteiger partial charge in [0.15, 0.2) is 0 Å². The molecule has 0 heterocycles. The van der Waals surface area contributed by atoms with Gasteiger partial charge in [0.1, 0.15) is 12.8 Å². The fraction of sp³-hybridized carbons (Fsp3) is 0.333. The van der Waals surface area contributed by atoms with Crippen molar-refractivity contribution < 1.29 is 18.0 Å². The van der Waals surface area contributed by atoms with Crippen molar-refractivity contribution in [2.24, 2.45) is 10.1 Å². The molecule has 0 fully saturated rings. The molecule has 0 saturated heterocycles. The summed E-state index contributed by atoms with van der Waals surface area (Å²) in [6.07, 6.45) is -4.38. The minimum atomic E-state index is -4.38. The van der Waals surface area contributed by atoms with Crippen LogP contribution in [0.5, 0.6) is 0 Å². The van der Waals surface area contributed by atoms with Crippen molar-refractivity contribution >= 4 is 11.4 Å². The van der Waals surface area contributed by atoms with E-state index in [0.29, 0.717) is 11.3 Å². The van der Waals surface area contributed by atoms with E-state index in [-0.39, 0.29) is 5.71 Å². The zero-order chi connectivity index (χ0) is 13.8. The Labute approximate surface area is 103 Å². The number of halogens is 3. The molecule has 0 bridgehead atoms. The van der Waals surface area contributed by atoms with Crippen LogP contribution in [0.4, 0.5) is 13.2 Å². The predicted molar refractivity (Wildman–Crippen MR) is 64.0 cm³/mol. The highest BCUT2D eigenvalue weighted by Crippen LogP contribution is 2.29. The molecule has 1 aromatic carbocycles. The summed E-state index contributed by atoms with van der Waals surface area (Å²) in [5.41, 5.74) is 0.366. The fourth-order valence-electron chi connectivity index (χ4n) is 1.37. The summed E-state index contributed by atoms with van der Waals surface area (Å²) in [7, 11) is 2.87. The Bertz CT molecular complexity index is 478. The summed E-state index contributed by atoms with van der Waals surface area (Å²) in [6.45, 7) is 1.65. The number of hydrogen-bond donors (Lipinski definition) is 0. The standard InChI is InChI=1S/C12H13F3N2O/c1-8(16-2)11(17-18-3)9-5-4-6-10(7-9)12(13,14)15/h4-7H,1-3H3/b16-8?,17-11+. The molecule has 3 nitrogen and oxygen atoms in total. The van der Waals surface area contributed by atoms with Gasteiger partial charge in [-0.1, -0.05) is 17.3 Å². The summed E-state index contributed by atoms with van der Waals surface area (Å²) in [4.78, 5) is 8.53. The van der Waals surface area contributed by atoms with Gasteiger partial charge in [0, 0.05) is 12.6 Å². The molecule has 0 atom stereocenters. The van der Waals surface area contributed by atoms with Crippen molar-refractivity contribution in [3.8, 4) is 0 Å². The maximum atomic E-state index is 12.6. The summed E-state index contributed by atoms with van der Waals surface area (Å²) < 4.78 is 37.8. The fourth-order valence-corrected chi connectivity index (χ4v) is 1.37. The first-order chi connectivity index (χ1) is 8.40. The van der Waals surface area contributed by atoms with Crippen molar-refractivity contribution in [3.05, 3.63) is 35.4 Å². The molecule has 0 amide bonds. The van der Waals surface area contributed by atoms with Crippen molar-refractivity contribution in [3.63, 3.8) is 0 Å². The quantitative estimate of drug-likeness (QED) is 0.605. The highest BCUT2D eigenvalue weighted by Gasteiger charge is 2.30. The second-order valence-electron chi connectivity index (χ2n) is 3.51. The van der Waals surface area contributed by atoms with E-state index in [4.69, 9.17) is 0 Å². The highest BCUT2D eigenvalue weighted by molar-refractivity contribution is 6.47. The van der Waals surface area contributed by atoms with Crippen LogP contribution in [-0.4, -0.2) is 25.6 Å². The van der Waals surface area contributed by atoms with Crippen LogP contribution in [0.2, 0.25) is 0 Å². The number of rotatable bonds is 3. The predicted octanol–water partition coefficient (Wildman–Crippen LogP) is 3.15. The second-order valence-corrected chi connectivity index (χ2v) is 3.51. The lowest BCUT2D eigenvalue weighted by molar-refractivity contribution is -0.137. The van der Waals surface area contributed by atoms with E-state index in [2.05, 4.69) is 15.0 Å². The average molecular weight is 258 g/mol. The highest BCUT2D eigenvalue weighted by atomic mass is 19.4. The summed E-state index contributed by atoms with van der Waals surface area (Å²) >= 11 is 0. The summed E-state index contributed by atoms with van der Waals surface area (Å²) in [5, 5.41) is 3.71. The number of hydrogen-bond acceptors (Lipinski definition) is 3. The molecule has 1 aromatic rings. The topological polar surface area (TPSA) is 34.0 Å². The van der Waals surface area contributed by atoms with Gasteiger partial charge in [-0.2, -0.15) is 13.2 Å². The van der Waals surface area contributed by atoms with Crippen LogP contribution in [0.25, 0.3) is 0 Å². The molecule has 0 aliphatic heterocycles. The monoisotopic (exact) mass is 258 g/mol. The Morgan fingerprint density at radius 2 is 1.94 bits per heavy atom. The smallest absolute Gasteiger partial charge is 0.399 e. The molecule has 1 rings (SSSR count). The van der Waals surface area contributed by atoms with Gasteiger partial charge in [-0.3, -0.25) is 4.99 Å². The molecule has 0 saturated carbocycles. The van der Waals surface area contributed by atoms with Gasteiger partial charge in [0.05, 0.1) is 11.3 Å². The first-order valence-corrected chi connectivity index (χ1v) is 5.12. The molecule has 0 radical (unpaired) electrons. The van der Waals surface area contributed by atoms with E-state index in [9.17, 15) is 13.2 Å². The number of benzene rings is 1. The lowest BCUT2D eigenvalue weighted by atomic mass is 10.0. The molecular formula is C12H13F3N2O. The van der Waals surface area contributed by atoms with Crippen molar-refractivity contribution in [1.29, 1.82) is 0 Å². The minimum Gasteiger partial charge on any atom is -0.399 e. The van der Waals surface area contributed by atoms with Gasteiger partial charge in [0.2, 0.25) is 0 Å². The Morgan fingerprint density at radius 1 is 1.28 bits per heavy atom. The van der Waals surface area contributed by atoms with Crippen LogP contribution >= 0.6 is 0 Å². The van der Waals surface area contributed by atoms with Gasteiger partial charge in [0.25, 0.3) is 0 Å². The molecule has 0 spiro atoms. The van der Waals surface area contributed by atoms with E-state index in [0.717, 1.165) is 12.1 Å². The Balaban J connectivity index is 3.27. The van der Waals surface area contributed by atoms with Crippen molar-refractivity contribution in [1.82, 2.24) is 0 Å². The van der Waals surface area contributed by atoms with Gasteiger partial charge in [-0.15, -0.1) is 0 Å². The minimum absolute atomic E-state index is 0.283. The van der Waals surface area contributed by atoms with Crippen LogP contribution in [0.3, 0.4) is 0 Å². The van der Waals surface area contributed by atoms with Crippen LogP contribution < -0.4 is 0 Å². The van der Waals surface area contributed by atoms with Gasteiger partial charge in [-0.05, 0) is 19.1 Å². The van der Waals surface area contributed by atoms with Crippen molar-refractivity contribution in [2.45, 2.75) is 13.1 Å². The molecule has 0 aromatic heterocycles. The second kappa shape index (κ2) is 5.66. The van der Waals surface area contributed by atoms with E-state index >= 15 is 0 Å². The zero-order valence-corrected chi connectivity index (χ0v) is 10.2. The van der Waals surface area contributed by atoms with Crippen LogP contribution in [0.1, 0.15) is 18.1 Å². The van der Waals surface area contributed by atoms with Gasteiger partial charge >= 0.3 is 6.18 Å². The lowest BCUT2D eigenvalue weighted by Crippen LogP contribution is -2.14. The van der Waals surface area contributed by atoms with E-state index in [1.807, 2.05) is 0 Å². The maximum absolute atomic E-state index is 12.6. The van der Waals surface area contributed by atoms with Crippen molar-refractivity contribution in [2.75, 3.05) is 14.2 Å². The van der Waals surface area contributed by atoms with Crippen LogP contribution in [-0.2, 0) is 11.0 Å². The van der Waals surface area contributed by atoms with E-state index < -0.39 is 11.7 Å². The number of alkyl halides is 3. The van der Waals surface area contributed by atoms with E-state index in [1.54, 1.807) is 6.92 Å². The number of oxime groups is 1. The molecule has 0 N–H and O–H groups in total. The Morgan fingerprint density at radius 3 is 2.44 bits per heavy atom. The first kappa shape index (κ1) is 14.2. The molecule has 18 heavy (non-hydrogen) atoms. The molecule has 0 unspecified atom stereocenters. The molecule has 98 valence electrons. The Kier molecular flexibility index (Phi) is 4.47. The van der Waals surface area contributed by atoms with Crippen LogP contribution in [0.15, 0.2) is 34.4 Å². The molecule has 6 heteroatoms. The molecule has 0 aliphatic rings. The zero-order valence-electron chi connectivity index (χ0n) is 10.2. The van der Waals surface area contributed by atoms with E-state index in [1.165, 1.54) is 26.3 Å². The normalized spacial score (nSPS) is 13.7. The Hall–Kier alpha value is -1.85. The van der Waals surface area contributed by atoms with Crippen LogP contribution in [0, 0.1) is 0 Å².